The first kappa shape index (κ1) is 30.1. The summed E-state index contributed by atoms with van der Waals surface area (Å²) in [5.41, 5.74) is 2.51. The number of hydrogen-bond donors (Lipinski definition) is 1. The summed E-state index contributed by atoms with van der Waals surface area (Å²) >= 11 is 1.78. The molecule has 2 aromatic carbocycles. The molecule has 1 amide bonds. The van der Waals surface area contributed by atoms with Crippen LogP contribution in [0, 0.1) is 5.82 Å². The Labute approximate surface area is 233 Å². The normalized spacial score (nSPS) is 12.7. The molecule has 0 aliphatic carbocycles. The minimum absolute atomic E-state index is 0.0725. The number of carbonyl (C=O) groups excluding carboxylic acids is 1. The minimum Gasteiger partial charge on any atom is -0.490 e. The lowest BCUT2D eigenvalue weighted by Crippen LogP contribution is -2.16. The van der Waals surface area contributed by atoms with Crippen LogP contribution in [0.15, 0.2) is 54.1 Å². The molecule has 0 aromatic heterocycles. The van der Waals surface area contributed by atoms with Crippen LogP contribution in [0.5, 0.6) is 5.75 Å². The van der Waals surface area contributed by atoms with Crippen molar-refractivity contribution in [1.29, 1.82) is 0 Å². The Morgan fingerprint density at radius 2 is 1.58 bits per heavy atom. The summed E-state index contributed by atoms with van der Waals surface area (Å²) in [5, 5.41) is 5.02. The van der Waals surface area contributed by atoms with E-state index in [0.29, 0.717) is 12.2 Å². The number of carbonyl (C=O) groups is 1. The second-order valence-electron chi connectivity index (χ2n) is 10.2. The molecule has 38 heavy (non-hydrogen) atoms. The first-order valence-corrected chi connectivity index (χ1v) is 15.5. The maximum atomic E-state index is 14.5. The molecule has 0 saturated carbocycles. The molecule has 1 N–H and O–H groups in total. The highest BCUT2D eigenvalue weighted by Gasteiger charge is 2.14. The van der Waals surface area contributed by atoms with Crippen LogP contribution in [-0.2, 0) is 17.8 Å². The van der Waals surface area contributed by atoms with Crippen molar-refractivity contribution in [2.24, 2.45) is 0 Å². The largest absolute Gasteiger partial charge is 0.490 e. The van der Waals surface area contributed by atoms with Gasteiger partial charge in [0.25, 0.3) is 0 Å². The zero-order valence-corrected chi connectivity index (χ0v) is 23.9. The lowest BCUT2D eigenvalue weighted by atomic mass is 10.1. The van der Waals surface area contributed by atoms with Crippen LogP contribution in [0.1, 0.15) is 95.1 Å². The number of para-hydroxylation sites is 1. The van der Waals surface area contributed by atoms with Gasteiger partial charge in [-0.25, -0.2) is 4.39 Å². The van der Waals surface area contributed by atoms with E-state index in [1.54, 1.807) is 23.9 Å². The lowest BCUT2D eigenvalue weighted by molar-refractivity contribution is -0.115. The van der Waals surface area contributed by atoms with Gasteiger partial charge in [-0.05, 0) is 35.6 Å². The molecular formula is C32H45FN2O2S. The number of ether oxygens (including phenoxy) is 1. The van der Waals surface area contributed by atoms with Gasteiger partial charge in [-0.2, -0.15) is 0 Å². The predicted molar refractivity (Wildman–Crippen MR) is 159 cm³/mol. The maximum Gasteiger partial charge on any atom is 0.228 e. The van der Waals surface area contributed by atoms with Crippen molar-refractivity contribution in [2.75, 3.05) is 17.8 Å². The summed E-state index contributed by atoms with van der Waals surface area (Å²) in [5.74, 6) is 0.582. The summed E-state index contributed by atoms with van der Waals surface area (Å²) in [6.07, 6.45) is 17.4. The summed E-state index contributed by atoms with van der Waals surface area (Å²) < 4.78 is 20.3. The molecule has 0 spiro atoms. The van der Waals surface area contributed by atoms with Crippen molar-refractivity contribution in [3.8, 4) is 5.75 Å². The highest BCUT2D eigenvalue weighted by atomic mass is 32.2. The molecule has 208 valence electrons. The Morgan fingerprint density at radius 3 is 2.21 bits per heavy atom. The number of anilines is 1. The number of benzene rings is 2. The van der Waals surface area contributed by atoms with E-state index in [4.69, 9.17) is 4.74 Å². The Morgan fingerprint density at radius 1 is 0.921 bits per heavy atom. The quantitative estimate of drug-likeness (QED) is 0.180. The molecule has 2 aromatic rings. The molecule has 0 fully saturated rings. The minimum atomic E-state index is -0.410. The third-order valence-corrected chi connectivity index (χ3v) is 7.67. The van der Waals surface area contributed by atoms with Crippen molar-refractivity contribution in [3.63, 3.8) is 0 Å². The highest BCUT2D eigenvalue weighted by molar-refractivity contribution is 8.02. The van der Waals surface area contributed by atoms with Crippen LogP contribution in [0.2, 0.25) is 0 Å². The van der Waals surface area contributed by atoms with E-state index in [1.165, 1.54) is 75.8 Å². The number of halogens is 1. The Hall–Kier alpha value is -2.47. The van der Waals surface area contributed by atoms with Crippen molar-refractivity contribution in [1.82, 2.24) is 4.90 Å². The second kappa shape index (κ2) is 17.9. The number of hydrogen-bond acceptors (Lipinski definition) is 4. The van der Waals surface area contributed by atoms with Crippen LogP contribution in [0.3, 0.4) is 0 Å². The zero-order valence-electron chi connectivity index (χ0n) is 23.1. The average molecular weight is 541 g/mol. The van der Waals surface area contributed by atoms with E-state index in [2.05, 4.69) is 28.7 Å². The van der Waals surface area contributed by atoms with Crippen LogP contribution in [-0.4, -0.2) is 23.3 Å². The maximum absolute atomic E-state index is 14.5. The fourth-order valence-corrected chi connectivity index (χ4v) is 5.40. The molecule has 3 rings (SSSR count). The fourth-order valence-electron chi connectivity index (χ4n) is 4.69. The van der Waals surface area contributed by atoms with Gasteiger partial charge in [0, 0.05) is 24.0 Å². The van der Waals surface area contributed by atoms with E-state index in [9.17, 15) is 9.18 Å². The molecule has 0 saturated heterocycles. The number of nitrogens with one attached hydrogen (secondary N) is 1. The van der Waals surface area contributed by atoms with Crippen molar-refractivity contribution < 1.29 is 13.9 Å². The average Bonchev–Trinajstić information content (AvgIpc) is 3.42. The Kier molecular flexibility index (Phi) is 14.2. The van der Waals surface area contributed by atoms with Gasteiger partial charge < -0.3 is 15.0 Å². The zero-order chi connectivity index (χ0) is 26.8. The van der Waals surface area contributed by atoms with Gasteiger partial charge in [-0.3, -0.25) is 4.79 Å². The van der Waals surface area contributed by atoms with E-state index in [-0.39, 0.29) is 18.1 Å². The molecule has 0 unspecified atom stereocenters. The smallest absolute Gasteiger partial charge is 0.228 e. The first-order chi connectivity index (χ1) is 18.7. The highest BCUT2D eigenvalue weighted by Crippen LogP contribution is 2.25. The number of nitrogens with zero attached hydrogens (tertiary/aromatic N) is 1. The molecule has 0 radical (unpaired) electrons. The number of unbranched alkanes of at least 4 members (excludes halogenated alkanes) is 11. The van der Waals surface area contributed by atoms with E-state index < -0.39 is 5.82 Å². The number of thioether (sulfide) groups is 1. The third kappa shape index (κ3) is 11.5. The SMILES string of the molecule is CCCCCCCCCCCCCCOc1c(F)cccc1CC(=O)Nc1ccc(CN2C=CSC2)cc1. The Bertz CT molecular complexity index is 980. The van der Waals surface area contributed by atoms with E-state index in [1.807, 2.05) is 24.3 Å². The molecule has 1 aliphatic heterocycles. The van der Waals surface area contributed by atoms with Gasteiger partial charge in [0.1, 0.15) is 0 Å². The van der Waals surface area contributed by atoms with Crippen LogP contribution < -0.4 is 10.1 Å². The summed E-state index contributed by atoms with van der Waals surface area (Å²) in [6, 6.07) is 12.7. The van der Waals surface area contributed by atoms with Crippen LogP contribution in [0.25, 0.3) is 0 Å². The van der Waals surface area contributed by atoms with Crippen LogP contribution in [0.4, 0.5) is 10.1 Å². The van der Waals surface area contributed by atoms with Crippen molar-refractivity contribution >= 4 is 23.4 Å². The van der Waals surface area contributed by atoms with Gasteiger partial charge in [-0.15, -0.1) is 11.8 Å². The van der Waals surface area contributed by atoms with Crippen molar-refractivity contribution in [3.05, 3.63) is 71.0 Å². The molecule has 4 nitrogen and oxygen atoms in total. The monoisotopic (exact) mass is 540 g/mol. The molecular weight excluding hydrogens is 495 g/mol. The molecule has 0 atom stereocenters. The summed E-state index contributed by atoms with van der Waals surface area (Å²) in [7, 11) is 0. The van der Waals surface area contributed by atoms with Gasteiger partial charge in [0.05, 0.1) is 18.9 Å². The number of amides is 1. The van der Waals surface area contributed by atoms with E-state index in [0.717, 1.165) is 31.0 Å². The summed E-state index contributed by atoms with van der Waals surface area (Å²) in [4.78, 5) is 14.9. The fraction of sp³-hybridized carbons (Fsp3) is 0.531. The van der Waals surface area contributed by atoms with Gasteiger partial charge >= 0.3 is 0 Å². The lowest BCUT2D eigenvalue weighted by Gasteiger charge is -2.15. The molecule has 1 aliphatic rings. The van der Waals surface area contributed by atoms with Gasteiger partial charge in [-0.1, -0.05) is 102 Å². The third-order valence-electron chi connectivity index (χ3n) is 6.88. The molecule has 6 heteroatoms. The van der Waals surface area contributed by atoms with Crippen molar-refractivity contribution in [2.45, 2.75) is 96.9 Å². The van der Waals surface area contributed by atoms with Gasteiger partial charge in [0.2, 0.25) is 5.91 Å². The molecule has 1 heterocycles. The standard InChI is InChI=1S/C32H45FN2O2S/c1-2-3-4-5-6-7-8-9-10-11-12-13-22-37-32-28(15-14-16-30(32)33)24-31(36)34-29-19-17-27(18-20-29)25-35-21-23-38-26-35/h14-21,23H,2-13,22,24-26H2,1H3,(H,34,36). The Balaban J connectivity index is 1.33. The molecule has 0 bridgehead atoms. The summed E-state index contributed by atoms with van der Waals surface area (Å²) in [6.45, 7) is 3.58. The van der Waals surface area contributed by atoms with E-state index >= 15 is 0 Å². The second-order valence-corrected chi connectivity index (χ2v) is 11.1. The van der Waals surface area contributed by atoms with Gasteiger partial charge in [0.15, 0.2) is 11.6 Å². The predicted octanol–water partition coefficient (Wildman–Crippen LogP) is 9.06. The van der Waals surface area contributed by atoms with Crippen LogP contribution >= 0.6 is 11.8 Å². The topological polar surface area (TPSA) is 41.6 Å². The first-order valence-electron chi connectivity index (χ1n) is 14.5. The number of rotatable bonds is 19.